The molecule has 134 valence electrons. The van der Waals surface area contributed by atoms with E-state index in [1.54, 1.807) is 12.1 Å². The predicted molar refractivity (Wildman–Crippen MR) is 101 cm³/mol. The van der Waals surface area contributed by atoms with Gasteiger partial charge in [-0.2, -0.15) is 0 Å². The molecule has 0 aromatic heterocycles. The van der Waals surface area contributed by atoms with Crippen LogP contribution in [0.1, 0.15) is 51.0 Å². The van der Waals surface area contributed by atoms with Crippen LogP contribution >= 0.6 is 23.2 Å². The monoisotopic (exact) mass is 372 g/mol. The lowest BCUT2D eigenvalue weighted by Crippen LogP contribution is -2.27. The van der Waals surface area contributed by atoms with Crippen molar-refractivity contribution in [1.29, 1.82) is 0 Å². The highest BCUT2D eigenvalue weighted by Crippen LogP contribution is 2.22. The fraction of sp³-hybridized carbons (Fsp3) is 0.529. The molecule has 0 fully saturated rings. The highest BCUT2D eigenvalue weighted by molar-refractivity contribution is 6.42. The topological polar surface area (TPSA) is 93.5 Å². The molecule has 0 saturated carbocycles. The van der Waals surface area contributed by atoms with Crippen LogP contribution in [-0.2, 0) is 11.3 Å². The molecule has 0 bridgehead atoms. The molecule has 0 aliphatic rings. The van der Waals surface area contributed by atoms with Crippen LogP contribution in [0.2, 0.25) is 10.0 Å². The summed E-state index contributed by atoms with van der Waals surface area (Å²) in [5.41, 5.74) is 11.8. The van der Waals surface area contributed by atoms with Crippen LogP contribution in [-0.4, -0.2) is 17.9 Å². The summed E-state index contributed by atoms with van der Waals surface area (Å²) in [7, 11) is 0. The third-order valence-electron chi connectivity index (χ3n) is 3.65. The number of nitrogens with two attached hydrogens (primary N) is 2. The molecule has 5 nitrogen and oxygen atoms in total. The number of carbonyl (C=O) groups is 1. The van der Waals surface area contributed by atoms with E-state index in [4.69, 9.17) is 34.7 Å². The largest absolute Gasteiger partial charge is 0.370 e. The minimum Gasteiger partial charge on any atom is -0.370 e. The Balaban J connectivity index is 2.41. The van der Waals surface area contributed by atoms with E-state index >= 15 is 0 Å². The first kappa shape index (κ1) is 20.6. The highest BCUT2D eigenvalue weighted by Gasteiger charge is 2.11. The van der Waals surface area contributed by atoms with Crippen molar-refractivity contribution in [2.45, 2.75) is 58.0 Å². The lowest BCUT2D eigenvalue weighted by molar-refractivity contribution is -0.121. The molecule has 1 aromatic rings. The normalized spacial score (nSPS) is 11.8. The first-order valence-corrected chi connectivity index (χ1v) is 8.97. The third kappa shape index (κ3) is 8.41. The number of nitrogens with zero attached hydrogens (tertiary/aromatic N) is 1. The van der Waals surface area contributed by atoms with Crippen LogP contribution in [0, 0.1) is 0 Å². The molecule has 1 aromatic carbocycles. The van der Waals surface area contributed by atoms with Crippen molar-refractivity contribution in [2.24, 2.45) is 16.5 Å². The number of benzene rings is 1. The zero-order valence-electron chi connectivity index (χ0n) is 14.0. The van der Waals surface area contributed by atoms with Gasteiger partial charge in [-0.15, -0.1) is 0 Å². The average Bonchev–Trinajstić information content (AvgIpc) is 2.53. The van der Waals surface area contributed by atoms with E-state index in [1.807, 2.05) is 6.07 Å². The van der Waals surface area contributed by atoms with Crippen LogP contribution in [0.15, 0.2) is 23.2 Å². The summed E-state index contributed by atoms with van der Waals surface area (Å²) in [5, 5.41) is 3.85. The molecule has 0 radical (unpaired) electrons. The van der Waals surface area contributed by atoms with Gasteiger partial charge in [-0.05, 0) is 30.5 Å². The smallest absolute Gasteiger partial charge is 0.220 e. The van der Waals surface area contributed by atoms with Gasteiger partial charge < -0.3 is 16.8 Å². The zero-order chi connectivity index (χ0) is 17.9. The zero-order valence-corrected chi connectivity index (χ0v) is 15.5. The van der Waals surface area contributed by atoms with Gasteiger partial charge in [0.25, 0.3) is 0 Å². The van der Waals surface area contributed by atoms with E-state index in [1.165, 1.54) is 0 Å². The SMILES string of the molecule is CCCCCC(CCC(=O)NCc1ccc(Cl)c(Cl)c1)N=C(N)N. The minimum absolute atomic E-state index is 0.00252. The van der Waals surface area contributed by atoms with Gasteiger partial charge in [0, 0.05) is 13.0 Å². The van der Waals surface area contributed by atoms with Gasteiger partial charge in [-0.1, -0.05) is 55.5 Å². The van der Waals surface area contributed by atoms with Crippen LogP contribution in [0.25, 0.3) is 0 Å². The first-order chi connectivity index (χ1) is 11.4. The second-order valence-electron chi connectivity index (χ2n) is 5.77. The van der Waals surface area contributed by atoms with Crippen LogP contribution in [0.3, 0.4) is 0 Å². The van der Waals surface area contributed by atoms with Crippen LogP contribution < -0.4 is 16.8 Å². The Morgan fingerprint density at radius 1 is 1.21 bits per heavy atom. The number of rotatable bonds is 10. The molecule has 1 unspecified atom stereocenters. The molecular weight excluding hydrogens is 347 g/mol. The fourth-order valence-electron chi connectivity index (χ4n) is 2.35. The third-order valence-corrected chi connectivity index (χ3v) is 4.39. The molecule has 7 heteroatoms. The standard InChI is InChI=1S/C17H26Cl2N4O/c1-2-3-4-5-13(23-17(20)21)7-9-16(24)22-11-12-6-8-14(18)15(19)10-12/h6,8,10,13H,2-5,7,9,11H2,1H3,(H,22,24)(H4,20,21,23). The Labute approximate surface area is 153 Å². The highest BCUT2D eigenvalue weighted by atomic mass is 35.5. The van der Waals surface area contributed by atoms with Gasteiger partial charge in [0.1, 0.15) is 0 Å². The summed E-state index contributed by atoms with van der Waals surface area (Å²) in [5.74, 6) is 0.0417. The number of hydrogen-bond acceptors (Lipinski definition) is 2. The Morgan fingerprint density at radius 2 is 1.96 bits per heavy atom. The quantitative estimate of drug-likeness (QED) is 0.332. The molecule has 24 heavy (non-hydrogen) atoms. The van der Waals surface area contributed by atoms with Crippen molar-refractivity contribution in [3.63, 3.8) is 0 Å². The van der Waals surface area contributed by atoms with Crippen LogP contribution in [0.4, 0.5) is 0 Å². The summed E-state index contributed by atoms with van der Waals surface area (Å²) < 4.78 is 0. The second-order valence-corrected chi connectivity index (χ2v) is 6.58. The molecule has 0 saturated heterocycles. The number of carbonyl (C=O) groups excluding carboxylic acids is 1. The first-order valence-electron chi connectivity index (χ1n) is 8.21. The Kier molecular flexibility index (Phi) is 9.57. The van der Waals surface area contributed by atoms with Gasteiger partial charge in [0.15, 0.2) is 5.96 Å². The van der Waals surface area contributed by atoms with Gasteiger partial charge in [-0.3, -0.25) is 9.79 Å². The number of hydrogen-bond donors (Lipinski definition) is 3. The lowest BCUT2D eigenvalue weighted by Gasteiger charge is -2.13. The van der Waals surface area contributed by atoms with Gasteiger partial charge in [0.2, 0.25) is 5.91 Å². The lowest BCUT2D eigenvalue weighted by atomic mass is 10.0. The van der Waals surface area contributed by atoms with Gasteiger partial charge >= 0.3 is 0 Å². The fourth-order valence-corrected chi connectivity index (χ4v) is 2.67. The molecule has 1 rings (SSSR count). The molecule has 1 atom stereocenters. The Bertz CT molecular complexity index is 560. The Morgan fingerprint density at radius 3 is 2.58 bits per heavy atom. The molecule has 0 aliphatic heterocycles. The van der Waals surface area contributed by atoms with Crippen molar-refractivity contribution in [3.05, 3.63) is 33.8 Å². The van der Waals surface area contributed by atoms with E-state index in [9.17, 15) is 4.79 Å². The van der Waals surface area contributed by atoms with E-state index in [0.717, 1.165) is 31.2 Å². The van der Waals surface area contributed by atoms with Crippen molar-refractivity contribution in [2.75, 3.05) is 0 Å². The molecule has 0 aliphatic carbocycles. The number of nitrogens with one attached hydrogen (secondary N) is 1. The average molecular weight is 373 g/mol. The maximum Gasteiger partial charge on any atom is 0.220 e. The predicted octanol–water partition coefficient (Wildman–Crippen LogP) is 3.61. The van der Waals surface area contributed by atoms with Crippen molar-refractivity contribution >= 4 is 35.1 Å². The summed E-state index contributed by atoms with van der Waals surface area (Å²) in [6, 6.07) is 5.30. The van der Waals surface area contributed by atoms with Gasteiger partial charge in [-0.25, -0.2) is 0 Å². The summed E-state index contributed by atoms with van der Waals surface area (Å²) in [6.07, 6.45) is 5.25. The van der Waals surface area contributed by atoms with E-state index < -0.39 is 0 Å². The summed E-state index contributed by atoms with van der Waals surface area (Å²) in [6.45, 7) is 2.56. The number of guanidine groups is 1. The van der Waals surface area contributed by atoms with Gasteiger partial charge in [0.05, 0.1) is 16.1 Å². The number of halogens is 2. The Hall–Kier alpha value is -1.46. The molecular formula is C17H26Cl2N4O. The van der Waals surface area contributed by atoms with E-state index in [2.05, 4.69) is 17.2 Å². The summed E-state index contributed by atoms with van der Waals surface area (Å²) >= 11 is 11.8. The molecule has 1 amide bonds. The van der Waals surface area contributed by atoms with Crippen LogP contribution in [0.5, 0.6) is 0 Å². The maximum atomic E-state index is 12.0. The second kappa shape index (κ2) is 11.2. The van der Waals surface area contributed by atoms with Crippen molar-refractivity contribution < 1.29 is 4.79 Å². The number of unbranched alkanes of at least 4 members (excludes halogenated alkanes) is 2. The number of aliphatic imine (C=N–C) groups is 1. The maximum absolute atomic E-state index is 12.0. The van der Waals surface area contributed by atoms with E-state index in [-0.39, 0.29) is 17.9 Å². The molecule has 0 spiro atoms. The molecule has 5 N–H and O–H groups in total. The van der Waals surface area contributed by atoms with Crippen molar-refractivity contribution in [3.8, 4) is 0 Å². The van der Waals surface area contributed by atoms with Crippen molar-refractivity contribution in [1.82, 2.24) is 5.32 Å². The minimum atomic E-state index is -0.0349. The van der Waals surface area contributed by atoms with E-state index in [0.29, 0.717) is 29.4 Å². The summed E-state index contributed by atoms with van der Waals surface area (Å²) in [4.78, 5) is 16.2. The number of amides is 1. The molecule has 0 heterocycles.